The van der Waals surface area contributed by atoms with Crippen LogP contribution in [0.5, 0.6) is 0 Å². The molecule has 1 atom stereocenters. The Hall–Kier alpha value is -1.11. The molecular formula is C17H25NO5S. The van der Waals surface area contributed by atoms with Crippen molar-refractivity contribution in [1.29, 1.82) is 0 Å². The Morgan fingerprint density at radius 1 is 1.04 bits per heavy atom. The molecule has 0 unspecified atom stereocenters. The molecular weight excluding hydrogens is 330 g/mol. The van der Waals surface area contributed by atoms with Crippen LogP contribution in [0.1, 0.15) is 44.9 Å². The first-order valence-electron chi connectivity index (χ1n) is 9.01. The van der Waals surface area contributed by atoms with Crippen LogP contribution in [-0.2, 0) is 24.2 Å². The molecule has 0 radical (unpaired) electrons. The zero-order valence-electron chi connectivity index (χ0n) is 13.8. The van der Waals surface area contributed by atoms with Gasteiger partial charge in [0.05, 0.1) is 16.9 Å². The summed E-state index contributed by atoms with van der Waals surface area (Å²) in [5, 5.41) is 2.67. The SMILES string of the molecule is O=C(COC(=O)C12CC3CC(CC(C3)C1)C2)N[C@H]1CCS(=O)(=O)C1. The van der Waals surface area contributed by atoms with E-state index in [-0.39, 0.29) is 35.5 Å². The van der Waals surface area contributed by atoms with Crippen molar-refractivity contribution in [2.45, 2.75) is 51.0 Å². The molecule has 0 spiro atoms. The smallest absolute Gasteiger partial charge is 0.312 e. The fraction of sp³-hybridized carbons (Fsp3) is 0.882. The van der Waals surface area contributed by atoms with Gasteiger partial charge in [-0.3, -0.25) is 9.59 Å². The second-order valence-corrected chi connectivity index (χ2v) is 10.7. The van der Waals surface area contributed by atoms with E-state index in [4.69, 9.17) is 4.74 Å². The fourth-order valence-corrected chi connectivity index (χ4v) is 7.50. The molecule has 7 heteroatoms. The van der Waals surface area contributed by atoms with E-state index in [0.29, 0.717) is 24.2 Å². The van der Waals surface area contributed by atoms with E-state index in [1.807, 2.05) is 0 Å². The van der Waals surface area contributed by atoms with Crippen molar-refractivity contribution < 1.29 is 22.7 Å². The van der Waals surface area contributed by atoms with Gasteiger partial charge in [-0.15, -0.1) is 0 Å². The monoisotopic (exact) mass is 355 g/mol. The molecule has 1 heterocycles. The molecule has 1 N–H and O–H groups in total. The van der Waals surface area contributed by atoms with E-state index in [2.05, 4.69) is 5.32 Å². The van der Waals surface area contributed by atoms with Crippen molar-refractivity contribution in [3.63, 3.8) is 0 Å². The van der Waals surface area contributed by atoms with E-state index in [0.717, 1.165) is 19.3 Å². The average Bonchev–Trinajstić information content (AvgIpc) is 2.82. The van der Waals surface area contributed by atoms with Crippen LogP contribution in [0.2, 0.25) is 0 Å². The van der Waals surface area contributed by atoms with E-state index in [1.54, 1.807) is 0 Å². The van der Waals surface area contributed by atoms with Crippen molar-refractivity contribution >= 4 is 21.7 Å². The number of nitrogens with one attached hydrogen (secondary N) is 1. The highest BCUT2D eigenvalue weighted by Gasteiger charge is 2.55. The molecule has 0 aromatic rings. The molecule has 4 saturated carbocycles. The second kappa shape index (κ2) is 5.71. The lowest BCUT2D eigenvalue weighted by molar-refractivity contribution is -0.173. The van der Waals surface area contributed by atoms with Crippen LogP contribution in [0.3, 0.4) is 0 Å². The van der Waals surface area contributed by atoms with E-state index in [1.165, 1.54) is 19.3 Å². The second-order valence-electron chi connectivity index (χ2n) is 8.44. The Labute approximate surface area is 142 Å². The van der Waals surface area contributed by atoms with E-state index in [9.17, 15) is 18.0 Å². The van der Waals surface area contributed by atoms with E-state index >= 15 is 0 Å². The summed E-state index contributed by atoms with van der Waals surface area (Å²) >= 11 is 0. The summed E-state index contributed by atoms with van der Waals surface area (Å²) in [6, 6.07) is -0.347. The first kappa shape index (κ1) is 16.4. The summed E-state index contributed by atoms with van der Waals surface area (Å²) in [7, 11) is -3.03. The van der Waals surface area contributed by atoms with Gasteiger partial charge in [-0.05, 0) is 62.7 Å². The molecule has 4 aliphatic carbocycles. The Bertz CT molecular complexity index is 621. The maximum Gasteiger partial charge on any atom is 0.312 e. The van der Waals surface area contributed by atoms with Gasteiger partial charge < -0.3 is 10.1 Å². The predicted octanol–water partition coefficient (Wildman–Crippen LogP) is 1.05. The van der Waals surface area contributed by atoms with Crippen molar-refractivity contribution in [2.75, 3.05) is 18.1 Å². The molecule has 4 bridgehead atoms. The zero-order chi connectivity index (χ0) is 16.9. The maximum atomic E-state index is 12.6. The molecule has 5 rings (SSSR count). The highest BCUT2D eigenvalue weighted by Crippen LogP contribution is 2.60. The third kappa shape index (κ3) is 3.07. The minimum Gasteiger partial charge on any atom is -0.455 e. The first-order valence-corrected chi connectivity index (χ1v) is 10.8. The maximum absolute atomic E-state index is 12.6. The topological polar surface area (TPSA) is 89.5 Å². The number of sulfone groups is 1. The first-order chi connectivity index (χ1) is 11.3. The van der Waals surface area contributed by atoms with Gasteiger partial charge in [0.1, 0.15) is 0 Å². The average molecular weight is 355 g/mol. The van der Waals surface area contributed by atoms with Gasteiger partial charge in [-0.2, -0.15) is 0 Å². The molecule has 1 amide bonds. The Morgan fingerprint density at radius 2 is 1.62 bits per heavy atom. The fourth-order valence-electron chi connectivity index (χ4n) is 5.82. The lowest BCUT2D eigenvalue weighted by Crippen LogP contribution is -2.51. The zero-order valence-corrected chi connectivity index (χ0v) is 14.6. The largest absolute Gasteiger partial charge is 0.455 e. The third-order valence-corrected chi connectivity index (χ3v) is 8.17. The number of rotatable bonds is 4. The van der Waals surface area contributed by atoms with Gasteiger partial charge in [0.2, 0.25) is 0 Å². The van der Waals surface area contributed by atoms with E-state index < -0.39 is 15.7 Å². The number of amides is 1. The molecule has 134 valence electrons. The molecule has 24 heavy (non-hydrogen) atoms. The third-order valence-electron chi connectivity index (χ3n) is 6.40. The van der Waals surface area contributed by atoms with Gasteiger partial charge in [0, 0.05) is 6.04 Å². The Balaban J connectivity index is 1.30. The number of esters is 1. The van der Waals surface area contributed by atoms with Crippen LogP contribution in [0.4, 0.5) is 0 Å². The van der Waals surface area contributed by atoms with Gasteiger partial charge in [-0.25, -0.2) is 8.42 Å². The quantitative estimate of drug-likeness (QED) is 0.762. The van der Waals surface area contributed by atoms with Crippen molar-refractivity contribution in [1.82, 2.24) is 5.32 Å². The number of carbonyl (C=O) groups excluding carboxylic acids is 2. The number of hydrogen-bond donors (Lipinski definition) is 1. The molecule has 5 aliphatic rings. The van der Waals surface area contributed by atoms with Crippen LogP contribution in [0, 0.1) is 23.2 Å². The molecule has 0 aromatic heterocycles. The van der Waals surface area contributed by atoms with Crippen LogP contribution >= 0.6 is 0 Å². The highest BCUT2D eigenvalue weighted by atomic mass is 32.2. The van der Waals surface area contributed by atoms with Crippen LogP contribution in [-0.4, -0.2) is 44.4 Å². The van der Waals surface area contributed by atoms with Crippen LogP contribution < -0.4 is 5.32 Å². The molecule has 5 fully saturated rings. The predicted molar refractivity (Wildman–Crippen MR) is 86.8 cm³/mol. The Morgan fingerprint density at radius 3 is 2.12 bits per heavy atom. The van der Waals surface area contributed by atoms with Gasteiger partial charge in [-0.1, -0.05) is 0 Å². The summed E-state index contributed by atoms with van der Waals surface area (Å²) in [5.41, 5.74) is -0.355. The molecule has 6 nitrogen and oxygen atoms in total. The Kier molecular flexibility index (Phi) is 3.90. The highest BCUT2D eigenvalue weighted by molar-refractivity contribution is 7.91. The number of hydrogen-bond acceptors (Lipinski definition) is 5. The number of ether oxygens (including phenoxy) is 1. The summed E-state index contributed by atoms with van der Waals surface area (Å²) in [6.45, 7) is -0.295. The lowest BCUT2D eigenvalue weighted by atomic mass is 9.49. The molecule has 1 saturated heterocycles. The van der Waals surface area contributed by atoms with Crippen molar-refractivity contribution in [3.8, 4) is 0 Å². The summed E-state index contributed by atoms with van der Waals surface area (Å²) in [6.07, 6.45) is 6.95. The lowest BCUT2D eigenvalue weighted by Gasteiger charge is -2.55. The van der Waals surface area contributed by atoms with Crippen LogP contribution in [0.25, 0.3) is 0 Å². The normalized spacial score (nSPS) is 42.0. The standard InChI is InChI=1S/C17H25NO5S/c19-15(18-14-1-2-24(21,22)10-14)9-23-16(20)17-6-11-3-12(7-17)5-13(4-11)8-17/h11-14H,1-10H2,(H,18,19)/t11?,12?,13?,14-,17?/m0/s1. The van der Waals surface area contributed by atoms with Gasteiger partial charge in [0.15, 0.2) is 16.4 Å². The molecule has 1 aliphatic heterocycles. The van der Waals surface area contributed by atoms with Crippen molar-refractivity contribution in [2.24, 2.45) is 23.2 Å². The molecule has 0 aromatic carbocycles. The van der Waals surface area contributed by atoms with Gasteiger partial charge in [0.25, 0.3) is 5.91 Å². The minimum atomic E-state index is -3.03. The van der Waals surface area contributed by atoms with Crippen LogP contribution in [0.15, 0.2) is 0 Å². The summed E-state index contributed by atoms with van der Waals surface area (Å²) in [5.74, 6) is 1.46. The minimum absolute atomic E-state index is 0.0122. The summed E-state index contributed by atoms with van der Waals surface area (Å²) < 4.78 is 28.2. The number of carbonyl (C=O) groups is 2. The van der Waals surface area contributed by atoms with Gasteiger partial charge >= 0.3 is 5.97 Å². The summed E-state index contributed by atoms with van der Waals surface area (Å²) in [4.78, 5) is 24.6. The van der Waals surface area contributed by atoms with Crippen molar-refractivity contribution in [3.05, 3.63) is 0 Å².